The Morgan fingerprint density at radius 2 is 0.965 bits per heavy atom. The Morgan fingerprint density at radius 1 is 0.404 bits per heavy atom. The van der Waals surface area contributed by atoms with Crippen molar-refractivity contribution in [1.29, 1.82) is 0 Å². The lowest BCUT2D eigenvalue weighted by Crippen LogP contribution is -2.00. The van der Waals surface area contributed by atoms with Gasteiger partial charge >= 0.3 is 0 Å². The zero-order valence-corrected chi connectivity index (χ0v) is 31.2. The van der Waals surface area contributed by atoms with Gasteiger partial charge in [0.2, 0.25) is 0 Å². The molecule has 0 aliphatic rings. The summed E-state index contributed by atoms with van der Waals surface area (Å²) >= 11 is 0. The first-order valence-corrected chi connectivity index (χ1v) is 19.3. The minimum absolute atomic E-state index is 0.703. The largest absolute Gasteiger partial charge is 0.456 e. The number of fused-ring (bicyclic) bond motifs is 6. The third-order valence-corrected chi connectivity index (χ3v) is 11.2. The second-order valence-electron chi connectivity index (χ2n) is 14.6. The third-order valence-electron chi connectivity index (χ3n) is 11.2. The van der Waals surface area contributed by atoms with Crippen LogP contribution in [0.4, 0.5) is 0 Å². The Balaban J connectivity index is 1.09. The van der Waals surface area contributed by atoms with Crippen molar-refractivity contribution in [1.82, 2.24) is 14.5 Å². The number of para-hydroxylation sites is 2. The van der Waals surface area contributed by atoms with Crippen molar-refractivity contribution in [2.75, 3.05) is 0 Å². The van der Waals surface area contributed by atoms with E-state index in [9.17, 15) is 0 Å². The summed E-state index contributed by atoms with van der Waals surface area (Å²) in [6, 6.07) is 68.4. The summed E-state index contributed by atoms with van der Waals surface area (Å²) in [6.07, 6.45) is 0. The highest BCUT2D eigenvalue weighted by molar-refractivity contribution is 6.16. The molecule has 0 amide bonds. The molecule has 0 N–H and O–H groups in total. The van der Waals surface area contributed by atoms with Crippen molar-refractivity contribution in [3.8, 4) is 61.8 Å². The van der Waals surface area contributed by atoms with Crippen LogP contribution in [0.25, 0.3) is 106 Å². The molecule has 3 heterocycles. The average molecular weight is 730 g/mol. The molecular formula is C53H35N3O. The van der Waals surface area contributed by atoms with E-state index in [2.05, 4.69) is 175 Å². The van der Waals surface area contributed by atoms with Gasteiger partial charge in [-0.1, -0.05) is 146 Å². The van der Waals surface area contributed by atoms with E-state index in [1.165, 1.54) is 21.9 Å². The third kappa shape index (κ3) is 5.53. The van der Waals surface area contributed by atoms with Gasteiger partial charge in [-0.2, -0.15) is 0 Å². The zero-order chi connectivity index (χ0) is 37.9. The second-order valence-corrected chi connectivity index (χ2v) is 14.6. The van der Waals surface area contributed by atoms with Crippen LogP contribution >= 0.6 is 0 Å². The van der Waals surface area contributed by atoms with Gasteiger partial charge in [0.05, 0.1) is 22.4 Å². The van der Waals surface area contributed by atoms with E-state index < -0.39 is 0 Å². The summed E-state index contributed by atoms with van der Waals surface area (Å²) < 4.78 is 8.59. The predicted octanol–water partition coefficient (Wildman–Crippen LogP) is 14.1. The highest BCUT2D eigenvalue weighted by Crippen LogP contribution is 2.41. The maximum absolute atomic E-state index is 6.20. The molecule has 0 atom stereocenters. The van der Waals surface area contributed by atoms with E-state index in [1.807, 2.05) is 30.3 Å². The molecule has 0 fully saturated rings. The van der Waals surface area contributed by atoms with Crippen LogP contribution in [0.2, 0.25) is 0 Å². The van der Waals surface area contributed by atoms with Gasteiger partial charge in [-0.05, 0) is 77.7 Å². The van der Waals surface area contributed by atoms with Gasteiger partial charge < -0.3 is 8.98 Å². The molecule has 0 bridgehead atoms. The molecule has 4 nitrogen and oxygen atoms in total. The van der Waals surface area contributed by atoms with Gasteiger partial charge in [0, 0.05) is 49.5 Å². The molecule has 0 radical (unpaired) electrons. The van der Waals surface area contributed by atoms with E-state index in [0.717, 1.165) is 83.4 Å². The molecule has 8 aromatic carbocycles. The zero-order valence-electron chi connectivity index (χ0n) is 31.2. The number of aromatic nitrogens is 3. The molecule has 11 rings (SSSR count). The second kappa shape index (κ2) is 13.3. The normalized spacial score (nSPS) is 11.6. The maximum Gasteiger partial charge on any atom is 0.160 e. The van der Waals surface area contributed by atoms with Crippen LogP contribution in [0.1, 0.15) is 5.56 Å². The smallest absolute Gasteiger partial charge is 0.160 e. The molecule has 57 heavy (non-hydrogen) atoms. The van der Waals surface area contributed by atoms with Crippen molar-refractivity contribution >= 4 is 43.7 Å². The minimum Gasteiger partial charge on any atom is -0.456 e. The lowest BCUT2D eigenvalue weighted by Gasteiger charge is -2.15. The number of benzene rings is 8. The molecule has 0 unspecified atom stereocenters. The van der Waals surface area contributed by atoms with E-state index in [4.69, 9.17) is 14.4 Å². The monoisotopic (exact) mass is 729 g/mol. The van der Waals surface area contributed by atoms with E-state index >= 15 is 0 Å². The lowest BCUT2D eigenvalue weighted by molar-refractivity contribution is 0.669. The molecule has 0 saturated heterocycles. The van der Waals surface area contributed by atoms with Gasteiger partial charge in [0.15, 0.2) is 5.82 Å². The molecular weight excluding hydrogens is 695 g/mol. The van der Waals surface area contributed by atoms with Crippen molar-refractivity contribution in [2.24, 2.45) is 0 Å². The summed E-state index contributed by atoms with van der Waals surface area (Å²) in [5.74, 6) is 0.703. The van der Waals surface area contributed by atoms with Gasteiger partial charge in [-0.15, -0.1) is 0 Å². The van der Waals surface area contributed by atoms with Crippen LogP contribution in [0.15, 0.2) is 199 Å². The highest BCUT2D eigenvalue weighted by atomic mass is 16.3. The quantitative estimate of drug-likeness (QED) is 0.171. The predicted molar refractivity (Wildman–Crippen MR) is 236 cm³/mol. The van der Waals surface area contributed by atoms with Crippen molar-refractivity contribution in [2.45, 2.75) is 6.92 Å². The summed E-state index contributed by atoms with van der Waals surface area (Å²) in [5, 5.41) is 4.65. The summed E-state index contributed by atoms with van der Waals surface area (Å²) in [5.41, 5.74) is 15.8. The van der Waals surface area contributed by atoms with Gasteiger partial charge in [-0.3, -0.25) is 0 Å². The van der Waals surface area contributed by atoms with Crippen LogP contribution in [0, 0.1) is 6.92 Å². The van der Waals surface area contributed by atoms with Gasteiger partial charge in [0.1, 0.15) is 11.2 Å². The Labute approximate surface area is 330 Å². The molecule has 0 saturated carbocycles. The molecule has 0 aliphatic carbocycles. The van der Waals surface area contributed by atoms with Crippen LogP contribution in [-0.4, -0.2) is 14.5 Å². The average Bonchev–Trinajstić information content (AvgIpc) is 3.83. The number of rotatable bonds is 6. The molecule has 0 aliphatic heterocycles. The van der Waals surface area contributed by atoms with E-state index in [0.29, 0.717) is 5.82 Å². The molecule has 0 spiro atoms. The first-order chi connectivity index (χ1) is 28.2. The fraction of sp³-hybridized carbons (Fsp3) is 0.0189. The number of furan rings is 1. The standard InChI is InChI=1S/C53H35N3O/c1-34-51(39-21-12-19-37(31-39)35-15-4-2-5-16-35)54-53(36-17-6-3-7-18-36)55-52(34)40-22-13-20-38(32-40)42-25-14-27-47-50(42)44-24-8-10-26-46(44)56(47)41-29-30-49-45(33-41)43-23-9-11-28-48(43)57-49/h2-33H,1H3. The SMILES string of the molecule is Cc1c(-c2cccc(-c3ccccc3)c2)nc(-c2ccccc2)nc1-c1cccc(-c2cccc3c2c2ccccc2n3-c2ccc3oc4ccccc4c3c2)c1. The molecule has 268 valence electrons. The maximum atomic E-state index is 6.20. The van der Waals surface area contributed by atoms with Gasteiger partial charge in [0.25, 0.3) is 0 Å². The van der Waals surface area contributed by atoms with Crippen molar-refractivity contribution < 1.29 is 4.42 Å². The minimum atomic E-state index is 0.703. The highest BCUT2D eigenvalue weighted by Gasteiger charge is 2.20. The first kappa shape index (κ1) is 32.8. The van der Waals surface area contributed by atoms with E-state index in [1.54, 1.807) is 0 Å². The van der Waals surface area contributed by atoms with E-state index in [-0.39, 0.29) is 0 Å². The Hall–Kier alpha value is -7.56. The Kier molecular flexibility index (Phi) is 7.68. The molecule has 4 heteroatoms. The number of hydrogen-bond donors (Lipinski definition) is 0. The Bertz CT molecular complexity index is 3300. The topological polar surface area (TPSA) is 43.9 Å². The molecule has 11 aromatic rings. The summed E-state index contributed by atoms with van der Waals surface area (Å²) in [4.78, 5) is 10.5. The van der Waals surface area contributed by atoms with Gasteiger partial charge in [-0.25, -0.2) is 9.97 Å². The van der Waals surface area contributed by atoms with Crippen LogP contribution in [0.3, 0.4) is 0 Å². The fourth-order valence-corrected chi connectivity index (χ4v) is 8.50. The summed E-state index contributed by atoms with van der Waals surface area (Å²) in [6.45, 7) is 2.15. The van der Waals surface area contributed by atoms with Crippen LogP contribution in [-0.2, 0) is 0 Å². The number of hydrogen-bond acceptors (Lipinski definition) is 3. The van der Waals surface area contributed by atoms with Crippen LogP contribution < -0.4 is 0 Å². The van der Waals surface area contributed by atoms with Crippen molar-refractivity contribution in [3.05, 3.63) is 200 Å². The Morgan fingerprint density at radius 3 is 1.74 bits per heavy atom. The fourth-order valence-electron chi connectivity index (χ4n) is 8.50. The number of nitrogens with zero attached hydrogens (tertiary/aromatic N) is 3. The van der Waals surface area contributed by atoms with Crippen molar-refractivity contribution in [3.63, 3.8) is 0 Å². The van der Waals surface area contributed by atoms with Crippen LogP contribution in [0.5, 0.6) is 0 Å². The summed E-state index contributed by atoms with van der Waals surface area (Å²) in [7, 11) is 0. The molecule has 3 aromatic heterocycles. The lowest BCUT2D eigenvalue weighted by atomic mass is 9.94. The first-order valence-electron chi connectivity index (χ1n) is 19.3.